The van der Waals surface area contributed by atoms with E-state index >= 15 is 0 Å². The molecule has 0 amide bonds. The summed E-state index contributed by atoms with van der Waals surface area (Å²) in [5.74, 6) is -1.15. The van der Waals surface area contributed by atoms with Crippen molar-refractivity contribution in [3.63, 3.8) is 0 Å². The Bertz CT molecular complexity index is 761. The number of rotatable bonds is 8. The molecular formula is C23H36O8Si. The normalized spacial score (nSPS) is 26.4. The summed E-state index contributed by atoms with van der Waals surface area (Å²) >= 11 is 0. The average molecular weight is 469 g/mol. The lowest BCUT2D eigenvalue weighted by Crippen LogP contribution is -2.62. The van der Waals surface area contributed by atoms with Gasteiger partial charge in [-0.1, -0.05) is 51.1 Å². The van der Waals surface area contributed by atoms with Crippen LogP contribution in [0.1, 0.15) is 40.2 Å². The monoisotopic (exact) mass is 468 g/mol. The van der Waals surface area contributed by atoms with Gasteiger partial charge in [-0.15, -0.1) is 0 Å². The van der Waals surface area contributed by atoms with Crippen molar-refractivity contribution >= 4 is 20.3 Å². The van der Waals surface area contributed by atoms with E-state index in [1.807, 2.05) is 30.3 Å². The quantitative estimate of drug-likeness (QED) is 0.459. The molecule has 0 unspecified atom stereocenters. The summed E-state index contributed by atoms with van der Waals surface area (Å²) in [6, 6.07) is 9.36. The Kier molecular flexibility index (Phi) is 9.01. The molecule has 0 bridgehead atoms. The molecule has 1 aromatic rings. The van der Waals surface area contributed by atoms with Crippen molar-refractivity contribution in [2.45, 2.75) is 90.1 Å². The van der Waals surface area contributed by atoms with Gasteiger partial charge < -0.3 is 28.5 Å². The van der Waals surface area contributed by atoms with E-state index in [9.17, 15) is 14.7 Å². The summed E-state index contributed by atoms with van der Waals surface area (Å²) in [7, 11) is -2.15. The molecule has 5 atom stereocenters. The van der Waals surface area contributed by atoms with Gasteiger partial charge >= 0.3 is 11.9 Å². The summed E-state index contributed by atoms with van der Waals surface area (Å²) in [5, 5.41) is 10.7. The minimum Gasteiger partial charge on any atom is -0.456 e. The first kappa shape index (κ1) is 26.5. The van der Waals surface area contributed by atoms with Crippen LogP contribution in [0.3, 0.4) is 0 Å². The van der Waals surface area contributed by atoms with Crippen LogP contribution >= 0.6 is 0 Å². The van der Waals surface area contributed by atoms with Crippen molar-refractivity contribution in [2.24, 2.45) is 0 Å². The molecular weight excluding hydrogens is 432 g/mol. The molecule has 1 N–H and O–H groups in total. The molecule has 1 heterocycles. The Morgan fingerprint density at radius 2 is 1.56 bits per heavy atom. The number of aliphatic hydroxyl groups is 1. The van der Waals surface area contributed by atoms with Gasteiger partial charge in [-0.2, -0.15) is 0 Å². The summed E-state index contributed by atoms with van der Waals surface area (Å²) in [4.78, 5) is 23.7. The molecule has 0 radical (unpaired) electrons. The lowest BCUT2D eigenvalue weighted by Gasteiger charge is -2.45. The van der Waals surface area contributed by atoms with Crippen molar-refractivity contribution in [3.8, 4) is 0 Å². The fourth-order valence-electron chi connectivity index (χ4n) is 3.14. The summed E-state index contributed by atoms with van der Waals surface area (Å²) in [6.07, 6.45) is -5.33. The van der Waals surface area contributed by atoms with Gasteiger partial charge in [-0.3, -0.25) is 9.59 Å². The molecule has 180 valence electrons. The molecule has 1 aromatic carbocycles. The molecule has 0 aromatic heterocycles. The van der Waals surface area contributed by atoms with E-state index in [0.717, 1.165) is 5.56 Å². The van der Waals surface area contributed by atoms with E-state index in [1.165, 1.54) is 13.8 Å². The topological polar surface area (TPSA) is 101 Å². The summed E-state index contributed by atoms with van der Waals surface area (Å²) < 4.78 is 28.9. The zero-order valence-corrected chi connectivity index (χ0v) is 21.0. The lowest BCUT2D eigenvalue weighted by atomic mass is 9.98. The smallest absolute Gasteiger partial charge is 0.303 e. The van der Waals surface area contributed by atoms with Crippen LogP contribution in [-0.2, 0) is 39.6 Å². The summed E-state index contributed by atoms with van der Waals surface area (Å²) in [5.41, 5.74) is 0.869. The Morgan fingerprint density at radius 3 is 2.09 bits per heavy atom. The van der Waals surface area contributed by atoms with E-state index < -0.39 is 51.0 Å². The van der Waals surface area contributed by atoms with Crippen LogP contribution in [0.25, 0.3) is 0 Å². The fraction of sp³-hybridized carbons (Fsp3) is 0.652. The molecule has 1 aliphatic heterocycles. The molecule has 0 saturated carbocycles. The zero-order chi connectivity index (χ0) is 24.1. The molecule has 32 heavy (non-hydrogen) atoms. The van der Waals surface area contributed by atoms with Crippen molar-refractivity contribution in [3.05, 3.63) is 35.9 Å². The van der Waals surface area contributed by atoms with Crippen LogP contribution < -0.4 is 0 Å². The predicted molar refractivity (Wildman–Crippen MR) is 120 cm³/mol. The largest absolute Gasteiger partial charge is 0.456 e. The zero-order valence-electron chi connectivity index (χ0n) is 20.0. The third kappa shape index (κ3) is 7.11. The van der Waals surface area contributed by atoms with Gasteiger partial charge in [0.25, 0.3) is 0 Å². The molecule has 0 spiro atoms. The van der Waals surface area contributed by atoms with Gasteiger partial charge in [-0.05, 0) is 23.7 Å². The van der Waals surface area contributed by atoms with Crippen molar-refractivity contribution in [1.29, 1.82) is 0 Å². The number of esters is 2. The molecule has 0 aliphatic carbocycles. The minimum absolute atomic E-state index is 0.0478. The second-order valence-corrected chi connectivity index (χ2v) is 14.4. The van der Waals surface area contributed by atoms with Gasteiger partial charge in [0.2, 0.25) is 0 Å². The average Bonchev–Trinajstić information content (AvgIpc) is 2.67. The van der Waals surface area contributed by atoms with Crippen LogP contribution in [-0.4, -0.2) is 62.7 Å². The second-order valence-electron chi connectivity index (χ2n) is 9.55. The van der Waals surface area contributed by atoms with E-state index in [2.05, 4.69) is 33.9 Å². The Hall–Kier alpha value is -1.78. The highest BCUT2D eigenvalue weighted by atomic mass is 28.4. The first-order valence-corrected chi connectivity index (χ1v) is 13.7. The van der Waals surface area contributed by atoms with Gasteiger partial charge in [0, 0.05) is 13.8 Å². The number of carbonyl (C=O) groups excluding carboxylic acids is 2. The number of hydrogen-bond donors (Lipinski definition) is 1. The van der Waals surface area contributed by atoms with Crippen molar-refractivity contribution in [1.82, 2.24) is 0 Å². The van der Waals surface area contributed by atoms with Crippen LogP contribution in [0.5, 0.6) is 0 Å². The van der Waals surface area contributed by atoms with E-state index in [1.54, 1.807) is 0 Å². The third-order valence-electron chi connectivity index (χ3n) is 5.91. The van der Waals surface area contributed by atoms with E-state index in [-0.39, 0.29) is 18.3 Å². The number of ether oxygens (including phenoxy) is 4. The highest BCUT2D eigenvalue weighted by Gasteiger charge is 2.51. The molecule has 8 nitrogen and oxygen atoms in total. The standard InChI is InChI=1S/C23H36O8Si/c1-15(24)29-19-18(14-28-32(6,7)23(3,4)5)31-22(26)21(20(19)30-16(2)25)27-13-17-11-9-8-10-12-17/h8-12,18-22,26H,13-14H2,1-7H3/t18-,19-,20+,21-,22+/m1/s1. The molecule has 1 saturated heterocycles. The van der Waals surface area contributed by atoms with Crippen molar-refractivity contribution in [2.75, 3.05) is 6.61 Å². The molecule has 1 aliphatic rings. The number of hydrogen-bond acceptors (Lipinski definition) is 8. The minimum atomic E-state index is -2.15. The van der Waals surface area contributed by atoms with Gasteiger partial charge in [-0.25, -0.2) is 0 Å². The Labute approximate surface area is 191 Å². The first-order valence-electron chi connectivity index (χ1n) is 10.8. The Morgan fingerprint density at radius 1 is 1.00 bits per heavy atom. The van der Waals surface area contributed by atoms with Gasteiger partial charge in [0.15, 0.2) is 26.8 Å². The Balaban J connectivity index is 2.25. The third-order valence-corrected chi connectivity index (χ3v) is 10.4. The first-order chi connectivity index (χ1) is 14.8. The van der Waals surface area contributed by atoms with Gasteiger partial charge in [0.1, 0.15) is 12.2 Å². The number of aliphatic hydroxyl groups excluding tert-OH is 1. The number of carbonyl (C=O) groups is 2. The SMILES string of the molecule is CC(=O)O[C@@H]1[C@@H](OCc2ccccc2)[C@@H](O)O[C@H](CO[Si](C)(C)C(C)(C)C)[C@H]1OC(C)=O. The van der Waals surface area contributed by atoms with Gasteiger partial charge in [0.05, 0.1) is 13.2 Å². The molecule has 2 rings (SSSR count). The fourth-order valence-corrected chi connectivity index (χ4v) is 4.15. The molecule has 1 fully saturated rings. The van der Waals surface area contributed by atoms with E-state index in [0.29, 0.717) is 0 Å². The van der Waals surface area contributed by atoms with Crippen LogP contribution in [0.2, 0.25) is 18.1 Å². The van der Waals surface area contributed by atoms with E-state index in [4.69, 9.17) is 23.4 Å². The van der Waals surface area contributed by atoms with Crippen molar-refractivity contribution < 1.29 is 38.1 Å². The maximum Gasteiger partial charge on any atom is 0.303 e. The maximum atomic E-state index is 11.9. The summed E-state index contributed by atoms with van der Waals surface area (Å²) in [6.45, 7) is 13.2. The van der Waals surface area contributed by atoms with Crippen LogP contribution in [0, 0.1) is 0 Å². The van der Waals surface area contributed by atoms with Crippen LogP contribution in [0.4, 0.5) is 0 Å². The van der Waals surface area contributed by atoms with Crippen LogP contribution in [0.15, 0.2) is 30.3 Å². The predicted octanol–water partition coefficient (Wildman–Crippen LogP) is 3.17. The highest BCUT2D eigenvalue weighted by molar-refractivity contribution is 6.74. The lowest BCUT2D eigenvalue weighted by molar-refractivity contribution is -0.302. The second kappa shape index (κ2) is 10.9. The maximum absolute atomic E-state index is 11.9. The number of benzene rings is 1. The highest BCUT2D eigenvalue weighted by Crippen LogP contribution is 2.37. The molecule has 9 heteroatoms.